The van der Waals surface area contributed by atoms with Gasteiger partial charge in [-0.05, 0) is 42.5 Å². The van der Waals surface area contributed by atoms with Gasteiger partial charge in [0.2, 0.25) is 0 Å². The van der Waals surface area contributed by atoms with Crippen LogP contribution in [0.2, 0.25) is 10.0 Å². The molecule has 0 aliphatic heterocycles. The molecule has 30 heavy (non-hydrogen) atoms. The molecule has 9 heteroatoms. The summed E-state index contributed by atoms with van der Waals surface area (Å²) in [7, 11) is 0. The van der Waals surface area contributed by atoms with Crippen molar-refractivity contribution in [2.45, 2.75) is 6.18 Å². The number of anilines is 1. The van der Waals surface area contributed by atoms with Gasteiger partial charge in [0.25, 0.3) is 5.91 Å². The summed E-state index contributed by atoms with van der Waals surface area (Å²) in [5, 5.41) is 12.3. The first-order valence-corrected chi connectivity index (χ1v) is 9.08. The van der Waals surface area contributed by atoms with Gasteiger partial charge in [0.15, 0.2) is 0 Å². The molecule has 0 aliphatic rings. The molecular weight excluding hydrogens is 440 g/mol. The van der Waals surface area contributed by atoms with E-state index in [-0.39, 0.29) is 27.7 Å². The number of rotatable bonds is 4. The number of alkyl halides is 3. The first-order chi connectivity index (χ1) is 14.2. The molecule has 0 fully saturated rings. The van der Waals surface area contributed by atoms with Crippen LogP contribution in [0.5, 0.6) is 0 Å². The average molecular weight is 451 g/mol. The Morgan fingerprint density at radius 3 is 2.50 bits per heavy atom. The zero-order chi connectivity index (χ0) is 21.9. The SMILES string of the molecule is N#C/C(=C\c1ccc(-c2cccc(C(F)(F)F)c2)o1)C(=O)Nc1ccc(Cl)c(Cl)c1. The molecule has 3 rings (SSSR count). The van der Waals surface area contributed by atoms with Crippen molar-refractivity contribution in [2.24, 2.45) is 0 Å². The Labute approximate surface area is 179 Å². The molecule has 0 saturated heterocycles. The minimum absolute atomic E-state index is 0.128. The molecule has 0 spiro atoms. The third kappa shape index (κ3) is 5.03. The van der Waals surface area contributed by atoms with E-state index in [9.17, 15) is 23.2 Å². The summed E-state index contributed by atoms with van der Waals surface area (Å²) in [6.07, 6.45) is -3.30. The monoisotopic (exact) mass is 450 g/mol. The van der Waals surface area contributed by atoms with E-state index in [2.05, 4.69) is 5.32 Å². The maximum Gasteiger partial charge on any atom is 0.416 e. The number of nitriles is 1. The van der Waals surface area contributed by atoms with Crippen molar-refractivity contribution in [3.8, 4) is 17.4 Å². The van der Waals surface area contributed by atoms with Crippen LogP contribution in [0.1, 0.15) is 11.3 Å². The number of amides is 1. The second-order valence-corrected chi connectivity index (χ2v) is 6.85. The minimum atomic E-state index is -4.48. The van der Waals surface area contributed by atoms with Crippen LogP contribution < -0.4 is 5.32 Å². The van der Waals surface area contributed by atoms with Crippen molar-refractivity contribution < 1.29 is 22.4 Å². The smallest absolute Gasteiger partial charge is 0.416 e. The molecule has 1 N–H and O–H groups in total. The number of carbonyl (C=O) groups excluding carboxylic acids is 1. The van der Waals surface area contributed by atoms with E-state index in [0.717, 1.165) is 12.1 Å². The van der Waals surface area contributed by atoms with Crippen LogP contribution >= 0.6 is 23.2 Å². The number of benzene rings is 2. The van der Waals surface area contributed by atoms with Gasteiger partial charge in [0.05, 0.1) is 15.6 Å². The lowest BCUT2D eigenvalue weighted by Gasteiger charge is -2.07. The third-order valence-corrected chi connectivity index (χ3v) is 4.67. The Bertz CT molecular complexity index is 1180. The Kier molecular flexibility index (Phi) is 6.20. The molecule has 152 valence electrons. The summed E-state index contributed by atoms with van der Waals surface area (Å²) in [4.78, 5) is 12.3. The number of hydrogen-bond donors (Lipinski definition) is 1. The number of hydrogen-bond acceptors (Lipinski definition) is 3. The van der Waals surface area contributed by atoms with Crippen molar-refractivity contribution in [3.63, 3.8) is 0 Å². The number of carbonyl (C=O) groups is 1. The normalized spacial score (nSPS) is 11.8. The van der Waals surface area contributed by atoms with Gasteiger partial charge in [-0.15, -0.1) is 0 Å². The van der Waals surface area contributed by atoms with Gasteiger partial charge in [0, 0.05) is 17.3 Å². The lowest BCUT2D eigenvalue weighted by atomic mass is 10.1. The minimum Gasteiger partial charge on any atom is -0.457 e. The zero-order valence-corrected chi connectivity index (χ0v) is 16.4. The quantitative estimate of drug-likeness (QED) is 0.350. The summed E-state index contributed by atoms with van der Waals surface area (Å²) in [5.41, 5.74) is -0.541. The Morgan fingerprint density at radius 2 is 1.83 bits per heavy atom. The largest absolute Gasteiger partial charge is 0.457 e. The van der Waals surface area contributed by atoms with E-state index >= 15 is 0 Å². The van der Waals surface area contributed by atoms with E-state index in [1.807, 2.05) is 0 Å². The summed E-state index contributed by atoms with van der Waals surface area (Å²) in [5.74, 6) is -0.425. The van der Waals surface area contributed by atoms with Crippen molar-refractivity contribution in [1.29, 1.82) is 5.26 Å². The molecule has 4 nitrogen and oxygen atoms in total. The summed E-state index contributed by atoms with van der Waals surface area (Å²) in [6.45, 7) is 0. The van der Waals surface area contributed by atoms with Crippen molar-refractivity contribution in [1.82, 2.24) is 0 Å². The molecular formula is C21H11Cl2F3N2O2. The molecule has 0 atom stereocenters. The molecule has 0 unspecified atom stereocenters. The fraction of sp³-hybridized carbons (Fsp3) is 0.0476. The van der Waals surface area contributed by atoms with Crippen molar-refractivity contribution in [3.05, 3.63) is 81.5 Å². The highest BCUT2D eigenvalue weighted by Crippen LogP contribution is 2.33. The predicted molar refractivity (Wildman–Crippen MR) is 108 cm³/mol. The Hall–Kier alpha value is -3.21. The van der Waals surface area contributed by atoms with E-state index in [1.54, 1.807) is 6.07 Å². The lowest BCUT2D eigenvalue weighted by Crippen LogP contribution is -2.13. The maximum absolute atomic E-state index is 12.9. The van der Waals surface area contributed by atoms with Gasteiger partial charge < -0.3 is 9.73 Å². The molecule has 1 amide bonds. The molecule has 0 bridgehead atoms. The number of furan rings is 1. The Balaban J connectivity index is 1.82. The second kappa shape index (κ2) is 8.66. The zero-order valence-electron chi connectivity index (χ0n) is 14.9. The fourth-order valence-corrected chi connectivity index (χ4v) is 2.80. The first-order valence-electron chi connectivity index (χ1n) is 8.33. The lowest BCUT2D eigenvalue weighted by molar-refractivity contribution is -0.137. The molecule has 0 aliphatic carbocycles. The highest BCUT2D eigenvalue weighted by molar-refractivity contribution is 6.42. The van der Waals surface area contributed by atoms with Crippen molar-refractivity contribution in [2.75, 3.05) is 5.32 Å². The van der Waals surface area contributed by atoms with Gasteiger partial charge in [-0.2, -0.15) is 18.4 Å². The van der Waals surface area contributed by atoms with Gasteiger partial charge >= 0.3 is 6.18 Å². The van der Waals surface area contributed by atoms with Crippen LogP contribution in [0.4, 0.5) is 18.9 Å². The van der Waals surface area contributed by atoms with E-state index in [1.165, 1.54) is 48.5 Å². The van der Waals surface area contributed by atoms with E-state index < -0.39 is 17.6 Å². The molecule has 1 heterocycles. The van der Waals surface area contributed by atoms with Crippen LogP contribution in [0.3, 0.4) is 0 Å². The molecule has 1 aromatic heterocycles. The average Bonchev–Trinajstić information content (AvgIpc) is 3.17. The summed E-state index contributed by atoms with van der Waals surface area (Å²) >= 11 is 11.7. The Morgan fingerprint density at radius 1 is 1.07 bits per heavy atom. The van der Waals surface area contributed by atoms with Gasteiger partial charge in [0.1, 0.15) is 23.2 Å². The van der Waals surface area contributed by atoms with Crippen molar-refractivity contribution >= 4 is 40.9 Å². The van der Waals surface area contributed by atoms with Crippen LogP contribution in [-0.2, 0) is 11.0 Å². The molecule has 0 radical (unpaired) electrons. The molecule has 2 aromatic carbocycles. The van der Waals surface area contributed by atoms with Crippen LogP contribution in [0, 0.1) is 11.3 Å². The van der Waals surface area contributed by atoms with Gasteiger partial charge in [-0.3, -0.25) is 4.79 Å². The number of nitrogens with zero attached hydrogens (tertiary/aromatic N) is 1. The molecule has 3 aromatic rings. The van der Waals surface area contributed by atoms with Crippen LogP contribution in [0.25, 0.3) is 17.4 Å². The molecule has 0 saturated carbocycles. The third-order valence-electron chi connectivity index (χ3n) is 3.93. The number of halogens is 5. The van der Waals surface area contributed by atoms with E-state index in [0.29, 0.717) is 10.7 Å². The second-order valence-electron chi connectivity index (χ2n) is 6.03. The summed E-state index contributed by atoms with van der Waals surface area (Å²) in [6, 6.07) is 13.7. The van der Waals surface area contributed by atoms with Crippen LogP contribution in [0.15, 0.2) is 64.6 Å². The van der Waals surface area contributed by atoms with Crippen LogP contribution in [-0.4, -0.2) is 5.91 Å². The predicted octanol–water partition coefficient (Wildman–Crippen LogP) is 6.82. The number of nitrogens with one attached hydrogen (secondary N) is 1. The van der Waals surface area contributed by atoms with Gasteiger partial charge in [-0.25, -0.2) is 0 Å². The highest BCUT2D eigenvalue weighted by atomic mass is 35.5. The highest BCUT2D eigenvalue weighted by Gasteiger charge is 2.30. The summed E-state index contributed by atoms with van der Waals surface area (Å²) < 4.78 is 44.1. The standard InChI is InChI=1S/C21H11Cl2F3N2O2/c22-17-6-4-15(10-18(17)23)28-20(29)13(11-27)9-16-5-7-19(30-16)12-2-1-3-14(8-12)21(24,25)26/h1-10H,(H,28,29)/b13-9+. The topological polar surface area (TPSA) is 66.0 Å². The fourth-order valence-electron chi connectivity index (χ4n) is 2.50. The maximum atomic E-state index is 12.9. The van der Waals surface area contributed by atoms with Gasteiger partial charge in [-0.1, -0.05) is 35.3 Å². The first kappa shape index (κ1) is 21.5. The van der Waals surface area contributed by atoms with E-state index in [4.69, 9.17) is 27.6 Å².